The number of ether oxygens (including phenoxy) is 1. The van der Waals surface area contributed by atoms with Gasteiger partial charge >= 0.3 is 0 Å². The molecule has 2 aromatic carbocycles. The number of aromatic hydroxyl groups is 2. The highest BCUT2D eigenvalue weighted by molar-refractivity contribution is 9.10. The van der Waals surface area contributed by atoms with Gasteiger partial charge in [-0.05, 0) is 42.0 Å². The maximum Gasteiger partial charge on any atom is 0.277 e. The van der Waals surface area contributed by atoms with Crippen LogP contribution in [0.2, 0.25) is 0 Å². The lowest BCUT2D eigenvalue weighted by molar-refractivity contribution is -0.123. The Morgan fingerprint density at radius 1 is 1.29 bits per heavy atom. The van der Waals surface area contributed by atoms with Gasteiger partial charge in [0.15, 0.2) is 18.1 Å². The zero-order chi connectivity index (χ0) is 17.5. The molecule has 0 bridgehead atoms. The van der Waals surface area contributed by atoms with E-state index in [2.05, 4.69) is 26.5 Å². The number of phenolic OH excluding ortho intramolecular Hbond substituents is 2. The molecule has 122 valence electrons. The summed E-state index contributed by atoms with van der Waals surface area (Å²) in [5, 5.41) is 31.2. The summed E-state index contributed by atoms with van der Waals surface area (Å²) >= 11 is 3.24. The van der Waals surface area contributed by atoms with Gasteiger partial charge in [0.25, 0.3) is 5.91 Å². The molecular formula is C16H12BrN3O4. The highest BCUT2D eigenvalue weighted by atomic mass is 79.9. The number of benzene rings is 2. The Morgan fingerprint density at radius 2 is 2.08 bits per heavy atom. The van der Waals surface area contributed by atoms with Gasteiger partial charge in [-0.15, -0.1) is 0 Å². The SMILES string of the molecule is N#Cc1cc(Br)ccc1OCC(=O)N/N=C/c1ccc(O)c(O)c1. The monoisotopic (exact) mass is 389 g/mol. The lowest BCUT2D eigenvalue weighted by Gasteiger charge is -2.07. The fraction of sp³-hybridized carbons (Fsp3) is 0.0625. The van der Waals surface area contributed by atoms with Crippen LogP contribution >= 0.6 is 15.9 Å². The summed E-state index contributed by atoms with van der Waals surface area (Å²) in [5.41, 5.74) is 3.05. The van der Waals surface area contributed by atoms with Crippen molar-refractivity contribution >= 4 is 28.1 Å². The molecule has 1 amide bonds. The molecule has 0 unspecified atom stereocenters. The molecule has 2 aromatic rings. The average molecular weight is 390 g/mol. The normalized spacial score (nSPS) is 10.3. The number of rotatable bonds is 5. The van der Waals surface area contributed by atoms with Crippen molar-refractivity contribution in [3.63, 3.8) is 0 Å². The summed E-state index contributed by atoms with van der Waals surface area (Å²) in [6.45, 7) is -0.311. The molecule has 8 heteroatoms. The van der Waals surface area contributed by atoms with Gasteiger partial charge in [-0.2, -0.15) is 10.4 Å². The van der Waals surface area contributed by atoms with Crippen molar-refractivity contribution in [3.8, 4) is 23.3 Å². The predicted octanol–water partition coefficient (Wildman–Crippen LogP) is 2.26. The van der Waals surface area contributed by atoms with Crippen LogP contribution in [0.15, 0.2) is 46.0 Å². The molecule has 0 aliphatic rings. The van der Waals surface area contributed by atoms with Crippen molar-refractivity contribution in [1.82, 2.24) is 5.43 Å². The zero-order valence-corrected chi connectivity index (χ0v) is 13.8. The summed E-state index contributed by atoms with van der Waals surface area (Å²) in [6, 6.07) is 11.0. The summed E-state index contributed by atoms with van der Waals surface area (Å²) in [6.07, 6.45) is 1.30. The smallest absolute Gasteiger partial charge is 0.277 e. The highest BCUT2D eigenvalue weighted by Crippen LogP contribution is 2.24. The first-order valence-corrected chi connectivity index (χ1v) is 7.45. The van der Waals surface area contributed by atoms with Gasteiger partial charge in [-0.3, -0.25) is 4.79 Å². The minimum absolute atomic E-state index is 0.243. The van der Waals surface area contributed by atoms with E-state index in [1.54, 1.807) is 18.2 Å². The number of hydrogen-bond donors (Lipinski definition) is 3. The Labute approximate surface area is 145 Å². The second-order valence-corrected chi connectivity index (χ2v) is 5.50. The van der Waals surface area contributed by atoms with Crippen LogP contribution in [-0.2, 0) is 4.79 Å². The van der Waals surface area contributed by atoms with Crippen LogP contribution in [0.25, 0.3) is 0 Å². The Morgan fingerprint density at radius 3 is 2.79 bits per heavy atom. The molecule has 0 saturated carbocycles. The number of carbonyl (C=O) groups is 1. The molecule has 2 rings (SSSR count). The molecule has 0 aliphatic heterocycles. The predicted molar refractivity (Wildman–Crippen MR) is 89.9 cm³/mol. The molecule has 0 aromatic heterocycles. The van der Waals surface area contributed by atoms with Crippen LogP contribution in [0.3, 0.4) is 0 Å². The Bertz CT molecular complexity index is 831. The maximum atomic E-state index is 11.7. The third kappa shape index (κ3) is 4.72. The van der Waals surface area contributed by atoms with Gasteiger partial charge in [-0.25, -0.2) is 5.43 Å². The number of carbonyl (C=O) groups excluding carboxylic acids is 1. The van der Waals surface area contributed by atoms with E-state index >= 15 is 0 Å². The van der Waals surface area contributed by atoms with E-state index in [9.17, 15) is 15.0 Å². The van der Waals surface area contributed by atoms with Gasteiger partial charge < -0.3 is 14.9 Å². The van der Waals surface area contributed by atoms with E-state index in [0.29, 0.717) is 16.9 Å². The standard InChI is InChI=1S/C16H12BrN3O4/c17-12-2-4-15(11(6-12)7-18)24-9-16(23)20-19-8-10-1-3-13(21)14(22)5-10/h1-6,8,21-22H,9H2,(H,20,23)/b19-8+. The van der Waals surface area contributed by atoms with E-state index in [1.165, 1.54) is 24.4 Å². The van der Waals surface area contributed by atoms with E-state index in [0.717, 1.165) is 4.47 Å². The van der Waals surface area contributed by atoms with E-state index in [-0.39, 0.29) is 18.1 Å². The molecule has 24 heavy (non-hydrogen) atoms. The summed E-state index contributed by atoms with van der Waals surface area (Å²) in [4.78, 5) is 11.7. The average Bonchev–Trinajstić information content (AvgIpc) is 2.56. The van der Waals surface area contributed by atoms with Gasteiger partial charge in [0.05, 0.1) is 11.8 Å². The third-order valence-electron chi connectivity index (χ3n) is 2.82. The first kappa shape index (κ1) is 17.3. The van der Waals surface area contributed by atoms with Crippen LogP contribution in [0.1, 0.15) is 11.1 Å². The largest absolute Gasteiger partial charge is 0.504 e. The van der Waals surface area contributed by atoms with Crippen LogP contribution in [0.4, 0.5) is 0 Å². The summed E-state index contributed by atoms with van der Waals surface area (Å²) < 4.78 is 6.01. The van der Waals surface area contributed by atoms with Crippen molar-refractivity contribution in [2.24, 2.45) is 5.10 Å². The molecule has 0 saturated heterocycles. The van der Waals surface area contributed by atoms with Crippen LogP contribution < -0.4 is 10.2 Å². The van der Waals surface area contributed by atoms with E-state index in [1.807, 2.05) is 6.07 Å². The van der Waals surface area contributed by atoms with Crippen molar-refractivity contribution in [1.29, 1.82) is 5.26 Å². The number of amides is 1. The molecule has 0 atom stereocenters. The Kier molecular flexibility index (Phi) is 5.76. The molecule has 7 nitrogen and oxygen atoms in total. The van der Waals surface area contributed by atoms with Gasteiger partial charge in [0.1, 0.15) is 11.8 Å². The van der Waals surface area contributed by atoms with Crippen molar-refractivity contribution in [3.05, 3.63) is 52.0 Å². The van der Waals surface area contributed by atoms with Gasteiger partial charge in [0.2, 0.25) is 0 Å². The molecule has 3 N–H and O–H groups in total. The third-order valence-corrected chi connectivity index (χ3v) is 3.32. The quantitative estimate of drug-likeness (QED) is 0.412. The van der Waals surface area contributed by atoms with Crippen LogP contribution in [-0.4, -0.2) is 28.9 Å². The zero-order valence-electron chi connectivity index (χ0n) is 12.2. The molecule has 0 aliphatic carbocycles. The lowest BCUT2D eigenvalue weighted by Crippen LogP contribution is -2.24. The summed E-state index contributed by atoms with van der Waals surface area (Å²) in [7, 11) is 0. The fourth-order valence-electron chi connectivity index (χ4n) is 1.69. The second kappa shape index (κ2) is 7.99. The molecule has 0 spiro atoms. The van der Waals surface area contributed by atoms with Gasteiger partial charge in [0, 0.05) is 4.47 Å². The maximum absolute atomic E-state index is 11.7. The van der Waals surface area contributed by atoms with E-state index in [4.69, 9.17) is 10.00 Å². The second-order valence-electron chi connectivity index (χ2n) is 4.58. The van der Waals surface area contributed by atoms with Crippen molar-refractivity contribution in [2.45, 2.75) is 0 Å². The first-order chi connectivity index (χ1) is 11.5. The number of nitriles is 1. The highest BCUT2D eigenvalue weighted by Gasteiger charge is 2.07. The number of nitrogens with zero attached hydrogens (tertiary/aromatic N) is 2. The molecular weight excluding hydrogens is 378 g/mol. The fourth-order valence-corrected chi connectivity index (χ4v) is 2.05. The van der Waals surface area contributed by atoms with Crippen molar-refractivity contribution < 1.29 is 19.7 Å². The number of phenols is 2. The molecule has 0 heterocycles. The number of hydrogen-bond acceptors (Lipinski definition) is 6. The van der Waals surface area contributed by atoms with Gasteiger partial charge in [-0.1, -0.05) is 15.9 Å². The van der Waals surface area contributed by atoms with Crippen LogP contribution in [0.5, 0.6) is 17.2 Å². The first-order valence-electron chi connectivity index (χ1n) is 6.66. The minimum atomic E-state index is -0.513. The summed E-state index contributed by atoms with van der Waals surface area (Å²) in [5.74, 6) is -0.746. The molecule has 0 radical (unpaired) electrons. The number of hydrazone groups is 1. The lowest BCUT2D eigenvalue weighted by atomic mass is 10.2. The minimum Gasteiger partial charge on any atom is -0.504 e. The Balaban J connectivity index is 1.89. The number of halogens is 1. The van der Waals surface area contributed by atoms with E-state index < -0.39 is 5.91 Å². The Hall–Kier alpha value is -3.05. The van der Waals surface area contributed by atoms with Crippen molar-refractivity contribution in [2.75, 3.05) is 6.61 Å². The topological polar surface area (TPSA) is 115 Å². The van der Waals surface area contributed by atoms with Crippen LogP contribution in [0, 0.1) is 11.3 Å². The molecule has 0 fully saturated rings. The number of nitrogens with one attached hydrogen (secondary N) is 1.